The molecule has 11 nitrogen and oxygen atoms in total. The van der Waals surface area contributed by atoms with E-state index in [1.807, 2.05) is 37.5 Å². The first-order valence-corrected chi connectivity index (χ1v) is 11.1. The molecule has 3 heterocycles. The van der Waals surface area contributed by atoms with Crippen LogP contribution in [0.25, 0.3) is 22.6 Å². The third kappa shape index (κ3) is 6.35. The fourth-order valence-corrected chi connectivity index (χ4v) is 3.45. The van der Waals surface area contributed by atoms with Crippen LogP contribution in [-0.2, 0) is 13.6 Å². The number of aliphatic hydroxyl groups is 2. The maximum atomic E-state index is 12.4. The van der Waals surface area contributed by atoms with Gasteiger partial charge >= 0.3 is 0 Å². The summed E-state index contributed by atoms with van der Waals surface area (Å²) in [7, 11) is 1.83. The van der Waals surface area contributed by atoms with Gasteiger partial charge in [0, 0.05) is 30.4 Å². The SMILES string of the molecule is Cn1cc(-c2ccc(=O)n(Cc3cccc(-c4ncc(OCCCC(N)C(O)O)cn4)c3)n2)cn1. The van der Waals surface area contributed by atoms with Crippen molar-refractivity contribution >= 4 is 0 Å². The number of ether oxygens (including phenoxy) is 1. The van der Waals surface area contributed by atoms with Crippen molar-refractivity contribution in [2.24, 2.45) is 12.8 Å². The second kappa shape index (κ2) is 11.0. The average Bonchev–Trinajstić information content (AvgIpc) is 3.30. The Morgan fingerprint density at radius 3 is 2.60 bits per heavy atom. The number of aliphatic hydroxyl groups excluding tert-OH is 1. The summed E-state index contributed by atoms with van der Waals surface area (Å²) in [5.74, 6) is 1.03. The monoisotopic (exact) mass is 477 g/mol. The van der Waals surface area contributed by atoms with E-state index < -0.39 is 12.3 Å². The van der Waals surface area contributed by atoms with Gasteiger partial charge in [-0.05, 0) is 30.5 Å². The van der Waals surface area contributed by atoms with E-state index in [4.69, 9.17) is 20.7 Å². The molecule has 35 heavy (non-hydrogen) atoms. The minimum absolute atomic E-state index is 0.199. The average molecular weight is 478 g/mol. The Labute approximate surface area is 201 Å². The summed E-state index contributed by atoms with van der Waals surface area (Å²) in [6.45, 7) is 0.658. The Hall–Kier alpha value is -3.93. The first-order valence-electron chi connectivity index (χ1n) is 11.1. The zero-order valence-corrected chi connectivity index (χ0v) is 19.2. The highest BCUT2D eigenvalue weighted by molar-refractivity contribution is 5.57. The predicted octanol–water partition coefficient (Wildman–Crippen LogP) is 0.946. The lowest BCUT2D eigenvalue weighted by Gasteiger charge is -2.13. The molecule has 0 aliphatic heterocycles. The fraction of sp³-hybridized carbons (Fsp3) is 0.292. The summed E-state index contributed by atoms with van der Waals surface area (Å²) in [5, 5.41) is 26.6. The van der Waals surface area contributed by atoms with Crippen molar-refractivity contribution in [3.05, 3.63) is 77.1 Å². The molecule has 1 unspecified atom stereocenters. The van der Waals surface area contributed by atoms with Crippen molar-refractivity contribution < 1.29 is 14.9 Å². The normalized spacial score (nSPS) is 12.1. The molecule has 0 fully saturated rings. The number of nitrogens with two attached hydrogens (primary N) is 1. The maximum absolute atomic E-state index is 12.4. The minimum Gasteiger partial charge on any atom is -0.490 e. The number of aromatic nitrogens is 6. The Bertz CT molecular complexity index is 1320. The highest BCUT2D eigenvalue weighted by Crippen LogP contribution is 2.19. The number of aryl methyl sites for hydroxylation is 1. The van der Waals surface area contributed by atoms with Crippen molar-refractivity contribution in [1.29, 1.82) is 0 Å². The van der Waals surface area contributed by atoms with Gasteiger partial charge in [0.1, 0.15) is 0 Å². The van der Waals surface area contributed by atoms with E-state index in [0.29, 0.717) is 43.3 Å². The Balaban J connectivity index is 1.42. The Morgan fingerprint density at radius 2 is 1.89 bits per heavy atom. The molecule has 3 aromatic heterocycles. The summed E-state index contributed by atoms with van der Waals surface area (Å²) in [5.41, 5.74) is 8.56. The van der Waals surface area contributed by atoms with Crippen molar-refractivity contribution in [3.8, 4) is 28.4 Å². The molecule has 11 heteroatoms. The van der Waals surface area contributed by atoms with Crippen LogP contribution in [0.4, 0.5) is 0 Å². The quantitative estimate of drug-likeness (QED) is 0.224. The Kier molecular flexibility index (Phi) is 7.60. The van der Waals surface area contributed by atoms with Gasteiger partial charge in [-0.25, -0.2) is 14.6 Å². The molecular formula is C24H27N7O4. The number of hydrogen-bond donors (Lipinski definition) is 3. The molecule has 0 spiro atoms. The van der Waals surface area contributed by atoms with E-state index in [2.05, 4.69) is 20.2 Å². The third-order valence-corrected chi connectivity index (χ3v) is 5.35. The van der Waals surface area contributed by atoms with Crippen LogP contribution in [0.3, 0.4) is 0 Å². The summed E-state index contributed by atoms with van der Waals surface area (Å²) >= 11 is 0. The van der Waals surface area contributed by atoms with Crippen LogP contribution in [-0.4, -0.2) is 58.7 Å². The fourth-order valence-electron chi connectivity index (χ4n) is 3.45. The number of nitrogens with zero attached hydrogens (tertiary/aromatic N) is 6. The molecule has 0 saturated carbocycles. The molecule has 0 aliphatic rings. The van der Waals surface area contributed by atoms with Crippen molar-refractivity contribution in [3.63, 3.8) is 0 Å². The number of benzene rings is 1. The lowest BCUT2D eigenvalue weighted by molar-refractivity contribution is -0.0602. The van der Waals surface area contributed by atoms with E-state index in [1.165, 1.54) is 10.7 Å². The largest absolute Gasteiger partial charge is 0.490 e. The highest BCUT2D eigenvalue weighted by Gasteiger charge is 2.11. The molecule has 0 aliphatic carbocycles. The summed E-state index contributed by atoms with van der Waals surface area (Å²) in [6, 6.07) is 10.1. The second-order valence-electron chi connectivity index (χ2n) is 8.13. The summed E-state index contributed by atoms with van der Waals surface area (Å²) in [4.78, 5) is 21.1. The molecule has 4 aromatic rings. The van der Waals surface area contributed by atoms with Crippen LogP contribution < -0.4 is 16.0 Å². The molecule has 4 rings (SSSR count). The number of hydrogen-bond acceptors (Lipinski definition) is 9. The van der Waals surface area contributed by atoms with Crippen LogP contribution in [0.1, 0.15) is 18.4 Å². The molecular weight excluding hydrogens is 450 g/mol. The molecule has 1 atom stereocenters. The second-order valence-corrected chi connectivity index (χ2v) is 8.13. The summed E-state index contributed by atoms with van der Waals surface area (Å²) < 4.78 is 8.70. The molecule has 4 N–H and O–H groups in total. The van der Waals surface area contributed by atoms with E-state index in [1.54, 1.807) is 29.3 Å². The van der Waals surface area contributed by atoms with Gasteiger partial charge in [-0.15, -0.1) is 0 Å². The van der Waals surface area contributed by atoms with E-state index in [-0.39, 0.29) is 5.56 Å². The maximum Gasteiger partial charge on any atom is 0.267 e. The molecule has 0 bridgehead atoms. The third-order valence-electron chi connectivity index (χ3n) is 5.35. The number of rotatable bonds is 10. The first-order chi connectivity index (χ1) is 16.9. The van der Waals surface area contributed by atoms with Gasteiger partial charge in [0.2, 0.25) is 0 Å². The molecule has 0 radical (unpaired) electrons. The summed E-state index contributed by atoms with van der Waals surface area (Å²) in [6.07, 6.45) is 6.17. The minimum atomic E-state index is -1.53. The van der Waals surface area contributed by atoms with Gasteiger partial charge in [-0.1, -0.05) is 18.2 Å². The van der Waals surface area contributed by atoms with E-state index >= 15 is 0 Å². The van der Waals surface area contributed by atoms with E-state index in [0.717, 1.165) is 16.7 Å². The van der Waals surface area contributed by atoms with Crippen LogP contribution in [0.2, 0.25) is 0 Å². The zero-order valence-electron chi connectivity index (χ0n) is 19.2. The van der Waals surface area contributed by atoms with Gasteiger partial charge in [0.05, 0.1) is 43.5 Å². The zero-order chi connectivity index (χ0) is 24.8. The Morgan fingerprint density at radius 1 is 1.09 bits per heavy atom. The molecule has 0 saturated heterocycles. The van der Waals surface area contributed by atoms with Crippen molar-refractivity contribution in [2.45, 2.75) is 31.7 Å². The molecule has 1 aromatic carbocycles. The smallest absolute Gasteiger partial charge is 0.267 e. The molecule has 0 amide bonds. The van der Waals surface area contributed by atoms with Crippen LogP contribution in [0.15, 0.2) is 66.0 Å². The van der Waals surface area contributed by atoms with Gasteiger partial charge in [0.15, 0.2) is 17.9 Å². The topological polar surface area (TPSA) is 154 Å². The van der Waals surface area contributed by atoms with Gasteiger partial charge < -0.3 is 20.7 Å². The van der Waals surface area contributed by atoms with E-state index in [9.17, 15) is 4.79 Å². The van der Waals surface area contributed by atoms with Crippen LogP contribution in [0, 0.1) is 0 Å². The van der Waals surface area contributed by atoms with Gasteiger partial charge in [0.25, 0.3) is 5.56 Å². The van der Waals surface area contributed by atoms with Crippen molar-refractivity contribution in [1.82, 2.24) is 29.5 Å². The van der Waals surface area contributed by atoms with Gasteiger partial charge in [-0.2, -0.15) is 10.2 Å². The lowest BCUT2D eigenvalue weighted by atomic mass is 10.1. The van der Waals surface area contributed by atoms with Gasteiger partial charge in [-0.3, -0.25) is 9.48 Å². The highest BCUT2D eigenvalue weighted by atomic mass is 16.5. The first kappa shape index (κ1) is 24.2. The van der Waals surface area contributed by atoms with Crippen LogP contribution >= 0.6 is 0 Å². The standard InChI is InChI=1S/C24H27N7O4/c1-30-15-18(11-28-30)21-7-8-22(32)31(29-21)14-16-4-2-5-17(10-16)23-26-12-19(13-27-23)35-9-3-6-20(25)24(33)34/h2,4-5,7-8,10-13,15,20,24,33-34H,3,6,9,14,25H2,1H3. The lowest BCUT2D eigenvalue weighted by Crippen LogP contribution is -2.34. The molecule has 182 valence electrons. The van der Waals surface area contributed by atoms with Crippen molar-refractivity contribution in [2.75, 3.05) is 6.61 Å². The predicted molar refractivity (Wildman–Crippen MR) is 128 cm³/mol. The van der Waals surface area contributed by atoms with Crippen LogP contribution in [0.5, 0.6) is 5.75 Å².